The second-order valence-electron chi connectivity index (χ2n) is 5.74. The minimum absolute atomic E-state index is 0.200. The summed E-state index contributed by atoms with van der Waals surface area (Å²) in [6, 6.07) is 23.9. The number of oxime groups is 1. The third kappa shape index (κ3) is 5.60. The van der Waals surface area contributed by atoms with Crippen LogP contribution in [0.1, 0.15) is 5.56 Å². The summed E-state index contributed by atoms with van der Waals surface area (Å²) in [5, 5.41) is 6.54. The Morgan fingerprint density at radius 2 is 1.61 bits per heavy atom. The molecule has 0 heterocycles. The Balaban J connectivity index is 1.46. The first-order valence-electron chi connectivity index (χ1n) is 8.66. The molecule has 1 amide bonds. The lowest BCUT2D eigenvalue weighted by atomic mass is 10.2. The molecule has 0 saturated heterocycles. The van der Waals surface area contributed by atoms with E-state index in [-0.39, 0.29) is 12.5 Å². The summed E-state index contributed by atoms with van der Waals surface area (Å²) < 4.78 is 10.9. The molecule has 0 unspecified atom stereocenters. The van der Waals surface area contributed by atoms with Crippen LogP contribution in [0.15, 0.2) is 84.0 Å². The summed E-state index contributed by atoms with van der Waals surface area (Å²) in [6.45, 7) is -0.200. The Morgan fingerprint density at radius 1 is 0.929 bits per heavy atom. The predicted octanol–water partition coefficient (Wildman–Crippen LogP) is 4.48. The van der Waals surface area contributed by atoms with Gasteiger partial charge in [-0.3, -0.25) is 4.79 Å². The average molecular weight is 376 g/mol. The quantitative estimate of drug-likeness (QED) is 0.465. The molecule has 0 saturated carbocycles. The molecule has 0 spiro atoms. The van der Waals surface area contributed by atoms with Gasteiger partial charge in [0.15, 0.2) is 6.61 Å². The molecule has 142 valence electrons. The Bertz CT molecular complexity index is 925. The molecule has 0 fully saturated rings. The van der Waals surface area contributed by atoms with Crippen LogP contribution in [0.25, 0.3) is 0 Å². The van der Waals surface area contributed by atoms with E-state index in [0.717, 1.165) is 11.3 Å². The molecule has 0 bridgehead atoms. The highest BCUT2D eigenvalue weighted by Gasteiger charge is 2.04. The molecule has 0 atom stereocenters. The van der Waals surface area contributed by atoms with Crippen molar-refractivity contribution < 1.29 is 19.1 Å². The molecule has 0 aliphatic heterocycles. The number of carbonyl (C=O) groups is 1. The van der Waals surface area contributed by atoms with Crippen LogP contribution in [0, 0.1) is 0 Å². The number of hydrogen-bond acceptors (Lipinski definition) is 5. The van der Waals surface area contributed by atoms with Crippen molar-refractivity contribution in [1.82, 2.24) is 0 Å². The van der Waals surface area contributed by atoms with Crippen molar-refractivity contribution in [2.75, 3.05) is 19.0 Å². The maximum Gasteiger partial charge on any atom is 0.265 e. The van der Waals surface area contributed by atoms with Gasteiger partial charge in [-0.1, -0.05) is 35.5 Å². The fourth-order valence-corrected chi connectivity index (χ4v) is 2.39. The maximum absolute atomic E-state index is 12.0. The Hall–Kier alpha value is -3.80. The molecule has 3 aromatic carbocycles. The highest BCUT2D eigenvalue weighted by Crippen LogP contribution is 2.22. The third-order valence-electron chi connectivity index (χ3n) is 3.72. The summed E-state index contributed by atoms with van der Waals surface area (Å²) in [6.07, 6.45) is 1.50. The highest BCUT2D eigenvalue weighted by atomic mass is 16.6. The van der Waals surface area contributed by atoms with E-state index in [1.165, 1.54) is 6.21 Å². The lowest BCUT2D eigenvalue weighted by molar-refractivity contribution is -0.120. The largest absolute Gasteiger partial charge is 0.496 e. The van der Waals surface area contributed by atoms with Crippen molar-refractivity contribution in [1.29, 1.82) is 0 Å². The molecule has 1 N–H and O–H groups in total. The second kappa shape index (κ2) is 9.78. The highest BCUT2D eigenvalue weighted by molar-refractivity contribution is 5.91. The van der Waals surface area contributed by atoms with Crippen LogP contribution < -0.4 is 14.8 Å². The van der Waals surface area contributed by atoms with Gasteiger partial charge in [-0.25, -0.2) is 0 Å². The van der Waals surface area contributed by atoms with Crippen LogP contribution in [0.5, 0.6) is 17.2 Å². The van der Waals surface area contributed by atoms with Gasteiger partial charge in [0.2, 0.25) is 0 Å². The standard InChI is InChI=1S/C22H20N2O4/c1-26-21-10-6-5-7-17(21)15-23-27-16-22(25)24-18-11-13-20(14-12-18)28-19-8-3-2-4-9-19/h2-15H,16H2,1H3,(H,24,25)/b23-15-. The minimum Gasteiger partial charge on any atom is -0.496 e. The first-order chi connectivity index (χ1) is 13.7. The van der Waals surface area contributed by atoms with Gasteiger partial charge in [0.1, 0.15) is 17.2 Å². The van der Waals surface area contributed by atoms with E-state index >= 15 is 0 Å². The summed E-state index contributed by atoms with van der Waals surface area (Å²) in [4.78, 5) is 17.0. The number of carbonyl (C=O) groups excluding carboxylic acids is 1. The molecule has 28 heavy (non-hydrogen) atoms. The van der Waals surface area contributed by atoms with Gasteiger partial charge < -0.3 is 19.6 Å². The number of nitrogens with zero attached hydrogens (tertiary/aromatic N) is 1. The predicted molar refractivity (Wildman–Crippen MR) is 108 cm³/mol. The number of para-hydroxylation sites is 2. The van der Waals surface area contributed by atoms with Crippen molar-refractivity contribution in [3.8, 4) is 17.2 Å². The molecule has 6 nitrogen and oxygen atoms in total. The topological polar surface area (TPSA) is 69.2 Å². The average Bonchev–Trinajstić information content (AvgIpc) is 2.74. The monoisotopic (exact) mass is 376 g/mol. The first kappa shape index (κ1) is 19.0. The minimum atomic E-state index is -0.311. The number of hydrogen-bond donors (Lipinski definition) is 1. The van der Waals surface area contributed by atoms with E-state index in [0.29, 0.717) is 17.2 Å². The van der Waals surface area contributed by atoms with Gasteiger partial charge in [0, 0.05) is 11.3 Å². The van der Waals surface area contributed by atoms with E-state index in [4.69, 9.17) is 14.3 Å². The van der Waals surface area contributed by atoms with Gasteiger partial charge in [-0.05, 0) is 48.5 Å². The van der Waals surface area contributed by atoms with E-state index in [2.05, 4.69) is 10.5 Å². The molecule has 3 rings (SSSR count). The van der Waals surface area contributed by atoms with Crippen LogP contribution in [0.3, 0.4) is 0 Å². The summed E-state index contributed by atoms with van der Waals surface area (Å²) in [5.41, 5.74) is 1.40. The fourth-order valence-electron chi connectivity index (χ4n) is 2.39. The number of nitrogens with one attached hydrogen (secondary N) is 1. The fraction of sp³-hybridized carbons (Fsp3) is 0.0909. The number of benzene rings is 3. The van der Waals surface area contributed by atoms with Crippen molar-refractivity contribution >= 4 is 17.8 Å². The van der Waals surface area contributed by atoms with Gasteiger partial charge >= 0.3 is 0 Å². The van der Waals surface area contributed by atoms with Gasteiger partial charge in [-0.2, -0.15) is 0 Å². The molecule has 0 aliphatic carbocycles. The second-order valence-corrected chi connectivity index (χ2v) is 5.74. The Kier molecular flexibility index (Phi) is 6.62. The van der Waals surface area contributed by atoms with Crippen LogP contribution in [-0.2, 0) is 9.63 Å². The Morgan fingerprint density at radius 3 is 2.36 bits per heavy atom. The maximum atomic E-state index is 12.0. The smallest absolute Gasteiger partial charge is 0.265 e. The first-order valence-corrected chi connectivity index (χ1v) is 8.66. The number of rotatable bonds is 8. The molecular weight excluding hydrogens is 356 g/mol. The molecule has 6 heteroatoms. The van der Waals surface area contributed by atoms with E-state index in [9.17, 15) is 4.79 Å². The molecule has 0 radical (unpaired) electrons. The van der Waals surface area contributed by atoms with Gasteiger partial charge in [0.05, 0.1) is 13.3 Å². The van der Waals surface area contributed by atoms with Crippen LogP contribution in [-0.4, -0.2) is 25.8 Å². The van der Waals surface area contributed by atoms with Crippen molar-refractivity contribution in [3.05, 3.63) is 84.4 Å². The molecule has 0 aromatic heterocycles. The van der Waals surface area contributed by atoms with E-state index in [1.807, 2.05) is 54.6 Å². The van der Waals surface area contributed by atoms with Crippen molar-refractivity contribution in [3.63, 3.8) is 0 Å². The van der Waals surface area contributed by atoms with Crippen molar-refractivity contribution in [2.45, 2.75) is 0 Å². The van der Waals surface area contributed by atoms with Gasteiger partial charge in [-0.15, -0.1) is 0 Å². The molecule has 0 aliphatic rings. The number of methoxy groups -OCH3 is 1. The van der Waals surface area contributed by atoms with Crippen molar-refractivity contribution in [2.24, 2.45) is 5.16 Å². The SMILES string of the molecule is COc1ccccc1/C=N\OCC(=O)Nc1ccc(Oc2ccccc2)cc1. The third-order valence-corrected chi connectivity index (χ3v) is 3.72. The number of anilines is 1. The van der Waals surface area contributed by atoms with Gasteiger partial charge in [0.25, 0.3) is 5.91 Å². The van der Waals surface area contributed by atoms with E-state index < -0.39 is 0 Å². The Labute approximate surface area is 163 Å². The number of amides is 1. The zero-order chi connectivity index (χ0) is 19.6. The summed E-state index contributed by atoms with van der Waals surface area (Å²) in [7, 11) is 1.58. The zero-order valence-corrected chi connectivity index (χ0v) is 15.4. The molecular formula is C22H20N2O4. The normalized spacial score (nSPS) is 10.5. The van der Waals surface area contributed by atoms with Crippen LogP contribution >= 0.6 is 0 Å². The summed E-state index contributed by atoms with van der Waals surface area (Å²) >= 11 is 0. The lowest BCUT2D eigenvalue weighted by Crippen LogP contribution is -2.16. The van der Waals surface area contributed by atoms with Crippen LogP contribution in [0.4, 0.5) is 5.69 Å². The van der Waals surface area contributed by atoms with Crippen LogP contribution in [0.2, 0.25) is 0 Å². The molecule has 3 aromatic rings. The zero-order valence-electron chi connectivity index (χ0n) is 15.4. The number of ether oxygens (including phenoxy) is 2. The lowest BCUT2D eigenvalue weighted by Gasteiger charge is -2.08. The summed E-state index contributed by atoms with van der Waals surface area (Å²) in [5.74, 6) is 1.80. The van der Waals surface area contributed by atoms with E-state index in [1.54, 1.807) is 31.4 Å².